The lowest BCUT2D eigenvalue weighted by atomic mass is 10.1. The lowest BCUT2D eigenvalue weighted by Gasteiger charge is -2.31. The van der Waals surface area contributed by atoms with Crippen molar-refractivity contribution in [2.24, 2.45) is 0 Å². The van der Waals surface area contributed by atoms with Gasteiger partial charge < -0.3 is 4.74 Å². The fraction of sp³-hybridized carbons (Fsp3) is 0.571. The maximum atomic E-state index is 12.7. The summed E-state index contributed by atoms with van der Waals surface area (Å²) >= 11 is 11.8. The van der Waals surface area contributed by atoms with Crippen molar-refractivity contribution in [3.05, 3.63) is 28.8 Å². The molecule has 0 bridgehead atoms. The van der Waals surface area contributed by atoms with Gasteiger partial charge in [0.05, 0.1) is 11.1 Å². The highest BCUT2D eigenvalue weighted by atomic mass is 35.5. The molecule has 4 nitrogen and oxygen atoms in total. The summed E-state index contributed by atoms with van der Waals surface area (Å²) in [5.41, 5.74) is 0.740. The van der Waals surface area contributed by atoms with Gasteiger partial charge in [-0.3, -0.25) is 0 Å². The van der Waals surface area contributed by atoms with Crippen molar-refractivity contribution in [2.45, 2.75) is 36.6 Å². The Bertz CT molecular complexity index is 584. The van der Waals surface area contributed by atoms with E-state index >= 15 is 0 Å². The van der Waals surface area contributed by atoms with E-state index in [0.29, 0.717) is 32.5 Å². The molecule has 1 aliphatic heterocycles. The summed E-state index contributed by atoms with van der Waals surface area (Å²) in [7, 11) is -3.58. The maximum Gasteiger partial charge on any atom is 0.244 e. The second kappa shape index (κ2) is 7.29. The first-order chi connectivity index (χ1) is 9.98. The monoisotopic (exact) mass is 351 g/mol. The van der Waals surface area contributed by atoms with Crippen LogP contribution in [0.15, 0.2) is 23.1 Å². The maximum absolute atomic E-state index is 12.7. The van der Waals surface area contributed by atoms with Crippen molar-refractivity contribution in [3.8, 4) is 0 Å². The summed E-state index contributed by atoms with van der Waals surface area (Å²) in [6, 6.07) is 4.87. The molecule has 0 saturated carbocycles. The van der Waals surface area contributed by atoms with E-state index in [4.69, 9.17) is 27.9 Å². The Morgan fingerprint density at radius 3 is 2.57 bits per heavy atom. The van der Waals surface area contributed by atoms with Crippen LogP contribution in [0.3, 0.4) is 0 Å². The number of alkyl halides is 1. The summed E-state index contributed by atoms with van der Waals surface area (Å²) in [5, 5.41) is 0.232. The minimum Gasteiger partial charge on any atom is -0.378 e. The first-order valence-corrected chi connectivity index (χ1v) is 9.30. The number of benzene rings is 1. The van der Waals surface area contributed by atoms with Crippen LogP contribution < -0.4 is 0 Å². The Morgan fingerprint density at radius 1 is 1.33 bits per heavy atom. The van der Waals surface area contributed by atoms with Gasteiger partial charge in [0.25, 0.3) is 0 Å². The van der Waals surface area contributed by atoms with Crippen LogP contribution in [0.5, 0.6) is 0 Å². The molecule has 1 heterocycles. The predicted molar refractivity (Wildman–Crippen MR) is 84.4 cm³/mol. The van der Waals surface area contributed by atoms with E-state index in [1.165, 1.54) is 4.31 Å². The van der Waals surface area contributed by atoms with Crippen LogP contribution in [-0.4, -0.2) is 38.5 Å². The van der Waals surface area contributed by atoms with Crippen LogP contribution in [-0.2, 0) is 20.6 Å². The van der Waals surface area contributed by atoms with E-state index in [1.54, 1.807) is 18.2 Å². The van der Waals surface area contributed by atoms with Gasteiger partial charge in [0.15, 0.2) is 0 Å². The third-order valence-electron chi connectivity index (χ3n) is 3.57. The fourth-order valence-corrected chi connectivity index (χ4v) is 4.60. The molecule has 0 atom stereocenters. The van der Waals surface area contributed by atoms with Crippen molar-refractivity contribution in [1.29, 1.82) is 0 Å². The second-order valence-corrected chi connectivity index (χ2v) is 7.54. The Labute approximate surface area is 136 Å². The fourth-order valence-electron chi connectivity index (χ4n) is 2.44. The van der Waals surface area contributed by atoms with Crippen LogP contribution in [0, 0.1) is 0 Å². The Balaban J connectivity index is 2.19. The molecular weight excluding hydrogens is 333 g/mol. The molecule has 0 aliphatic carbocycles. The van der Waals surface area contributed by atoms with Gasteiger partial charge in [0, 0.05) is 25.6 Å². The topological polar surface area (TPSA) is 46.6 Å². The lowest BCUT2D eigenvalue weighted by molar-refractivity contribution is 0.0290. The standard InChI is InChI=1S/C14H19Cl2NO3S/c1-2-20-12-5-7-17(8-6-12)21(18,19)14-9-11(10-15)3-4-13(14)16/h3-4,9,12H,2,5-8,10H2,1H3. The summed E-state index contributed by atoms with van der Waals surface area (Å²) in [6.45, 7) is 3.50. The SMILES string of the molecule is CCOC1CCN(S(=O)(=O)c2cc(CCl)ccc2Cl)CC1. The molecule has 0 aromatic heterocycles. The summed E-state index contributed by atoms with van der Waals surface area (Å²) in [4.78, 5) is 0.136. The Morgan fingerprint density at radius 2 is 2.00 bits per heavy atom. The molecular formula is C14H19Cl2NO3S. The largest absolute Gasteiger partial charge is 0.378 e. The molecule has 0 spiro atoms. The number of sulfonamides is 1. The molecule has 0 N–H and O–H groups in total. The van der Waals surface area contributed by atoms with Gasteiger partial charge in [-0.25, -0.2) is 8.42 Å². The van der Waals surface area contributed by atoms with Crippen LogP contribution in [0.2, 0.25) is 5.02 Å². The molecule has 7 heteroatoms. The quantitative estimate of drug-likeness (QED) is 0.764. The zero-order valence-electron chi connectivity index (χ0n) is 11.9. The van der Waals surface area contributed by atoms with Gasteiger partial charge in [0.1, 0.15) is 4.90 Å². The van der Waals surface area contributed by atoms with E-state index in [0.717, 1.165) is 5.56 Å². The van der Waals surface area contributed by atoms with Gasteiger partial charge in [0.2, 0.25) is 10.0 Å². The molecule has 1 aromatic rings. The highest BCUT2D eigenvalue weighted by Gasteiger charge is 2.31. The van der Waals surface area contributed by atoms with E-state index in [-0.39, 0.29) is 21.9 Å². The summed E-state index contributed by atoms with van der Waals surface area (Å²) < 4.78 is 32.4. The zero-order chi connectivity index (χ0) is 15.5. The molecule has 118 valence electrons. The molecule has 1 fully saturated rings. The van der Waals surface area contributed by atoms with E-state index < -0.39 is 10.0 Å². The highest BCUT2D eigenvalue weighted by Crippen LogP contribution is 2.28. The van der Waals surface area contributed by atoms with Crippen molar-refractivity contribution < 1.29 is 13.2 Å². The average Bonchev–Trinajstić information content (AvgIpc) is 2.48. The number of halogens is 2. The minimum atomic E-state index is -3.58. The van der Waals surface area contributed by atoms with Gasteiger partial charge in [-0.1, -0.05) is 17.7 Å². The second-order valence-electron chi connectivity index (χ2n) is 4.96. The van der Waals surface area contributed by atoms with Gasteiger partial charge in [-0.15, -0.1) is 11.6 Å². The number of piperidine rings is 1. The first kappa shape index (κ1) is 17.0. The van der Waals surface area contributed by atoms with Crippen LogP contribution in [0.4, 0.5) is 0 Å². The third kappa shape index (κ3) is 3.90. The number of ether oxygens (including phenoxy) is 1. The molecule has 21 heavy (non-hydrogen) atoms. The summed E-state index contributed by atoms with van der Waals surface area (Å²) in [5.74, 6) is 0.256. The molecule has 0 unspecified atom stereocenters. The van der Waals surface area contributed by atoms with Crippen LogP contribution >= 0.6 is 23.2 Å². The molecule has 0 radical (unpaired) electrons. The Hall–Kier alpha value is -0.330. The normalized spacial score (nSPS) is 18.0. The zero-order valence-corrected chi connectivity index (χ0v) is 14.2. The molecule has 0 amide bonds. The Kier molecular flexibility index (Phi) is 5.91. The average molecular weight is 352 g/mol. The molecule has 1 aromatic carbocycles. The molecule has 2 rings (SSSR count). The summed E-state index contributed by atoms with van der Waals surface area (Å²) in [6.07, 6.45) is 1.56. The first-order valence-electron chi connectivity index (χ1n) is 6.95. The number of rotatable bonds is 5. The smallest absolute Gasteiger partial charge is 0.244 e. The number of hydrogen-bond donors (Lipinski definition) is 0. The molecule has 1 saturated heterocycles. The highest BCUT2D eigenvalue weighted by molar-refractivity contribution is 7.89. The van der Waals surface area contributed by atoms with Crippen molar-refractivity contribution in [3.63, 3.8) is 0 Å². The van der Waals surface area contributed by atoms with E-state index in [2.05, 4.69) is 0 Å². The van der Waals surface area contributed by atoms with E-state index in [9.17, 15) is 8.42 Å². The number of nitrogens with zero attached hydrogens (tertiary/aromatic N) is 1. The van der Waals surface area contributed by atoms with Gasteiger partial charge in [-0.05, 0) is 37.5 Å². The molecule has 1 aliphatic rings. The number of hydrogen-bond acceptors (Lipinski definition) is 3. The third-order valence-corrected chi connectivity index (χ3v) is 6.26. The van der Waals surface area contributed by atoms with Gasteiger partial charge in [-0.2, -0.15) is 4.31 Å². The van der Waals surface area contributed by atoms with Crippen molar-refractivity contribution >= 4 is 33.2 Å². The van der Waals surface area contributed by atoms with Crippen molar-refractivity contribution in [1.82, 2.24) is 4.31 Å². The van der Waals surface area contributed by atoms with E-state index in [1.807, 2.05) is 6.92 Å². The van der Waals surface area contributed by atoms with Crippen LogP contribution in [0.25, 0.3) is 0 Å². The lowest BCUT2D eigenvalue weighted by Crippen LogP contribution is -2.40. The minimum absolute atomic E-state index is 0.136. The predicted octanol–water partition coefficient (Wildman–Crippen LogP) is 3.27. The van der Waals surface area contributed by atoms with Crippen molar-refractivity contribution in [2.75, 3.05) is 19.7 Å². The van der Waals surface area contributed by atoms with Gasteiger partial charge >= 0.3 is 0 Å². The van der Waals surface area contributed by atoms with Crippen LogP contribution in [0.1, 0.15) is 25.3 Å².